The van der Waals surface area contributed by atoms with Gasteiger partial charge in [-0.1, -0.05) is 29.3 Å². The maximum Gasteiger partial charge on any atom is 0.215 e. The summed E-state index contributed by atoms with van der Waals surface area (Å²) in [4.78, 5) is 16.1. The van der Waals surface area contributed by atoms with Crippen LogP contribution in [0, 0.1) is 0 Å². The normalized spacial score (nSPS) is 11.8. The van der Waals surface area contributed by atoms with Crippen LogP contribution in [0.2, 0.25) is 10.0 Å². The number of aromatic nitrogens is 4. The summed E-state index contributed by atoms with van der Waals surface area (Å²) in [6, 6.07) is 15.0. The molecule has 0 aliphatic rings. The van der Waals surface area contributed by atoms with E-state index < -0.39 is 0 Å². The largest absolute Gasteiger partial charge is 0.466 e. The Kier molecular flexibility index (Phi) is 6.47. The number of H-pyrrole nitrogens is 1. The Balaban J connectivity index is 1.50. The van der Waals surface area contributed by atoms with E-state index in [0.29, 0.717) is 40.5 Å². The molecule has 1 aromatic carbocycles. The quantitative estimate of drug-likeness (QED) is 0.380. The Bertz CT molecular complexity index is 1070. The zero-order chi connectivity index (χ0) is 20.8. The van der Waals surface area contributed by atoms with Gasteiger partial charge in [-0.15, -0.1) is 0 Å². The molecule has 0 aliphatic heterocycles. The summed E-state index contributed by atoms with van der Waals surface area (Å²) >= 11 is 12.3. The second kappa shape index (κ2) is 9.61. The second-order valence-corrected chi connectivity index (χ2v) is 7.51. The number of aromatic amines is 1. The van der Waals surface area contributed by atoms with Crippen LogP contribution < -0.4 is 10.1 Å². The Morgan fingerprint density at radius 1 is 0.967 bits per heavy atom. The number of benzene rings is 1. The lowest BCUT2D eigenvalue weighted by atomic mass is 10.1. The zero-order valence-corrected chi connectivity index (χ0v) is 17.4. The van der Waals surface area contributed by atoms with Crippen molar-refractivity contribution in [3.05, 3.63) is 100 Å². The van der Waals surface area contributed by atoms with E-state index in [9.17, 15) is 0 Å². The van der Waals surface area contributed by atoms with E-state index in [0.717, 1.165) is 11.1 Å². The molecule has 0 fully saturated rings. The third-order valence-corrected chi connectivity index (χ3v) is 4.81. The van der Waals surface area contributed by atoms with Gasteiger partial charge in [0.15, 0.2) is 6.10 Å². The molecule has 0 amide bonds. The van der Waals surface area contributed by atoms with Crippen LogP contribution in [-0.2, 0) is 13.0 Å². The Labute approximate surface area is 184 Å². The van der Waals surface area contributed by atoms with Gasteiger partial charge in [-0.3, -0.25) is 4.98 Å². The Morgan fingerprint density at radius 3 is 2.50 bits per heavy atom. The summed E-state index contributed by atoms with van der Waals surface area (Å²) in [6.07, 6.45) is 7.13. The SMILES string of the molecule is Clc1cc(Cl)cc(CC(Oc2cccc(NCc3ccncc3)n2)c2ncc[nH]2)c1. The molecule has 1 atom stereocenters. The molecule has 6 nitrogen and oxygen atoms in total. The van der Waals surface area contributed by atoms with Crippen LogP contribution in [0.25, 0.3) is 0 Å². The van der Waals surface area contributed by atoms with E-state index in [-0.39, 0.29) is 6.10 Å². The molecule has 30 heavy (non-hydrogen) atoms. The maximum atomic E-state index is 6.19. The van der Waals surface area contributed by atoms with Gasteiger partial charge in [0.1, 0.15) is 11.6 Å². The molecule has 0 saturated carbocycles. The Hall–Kier alpha value is -3.09. The van der Waals surface area contributed by atoms with Crippen LogP contribution in [0.3, 0.4) is 0 Å². The fourth-order valence-corrected chi connectivity index (χ4v) is 3.58. The van der Waals surface area contributed by atoms with Gasteiger partial charge in [-0.05, 0) is 47.5 Å². The molecule has 4 rings (SSSR count). The fourth-order valence-electron chi connectivity index (χ4n) is 3.01. The van der Waals surface area contributed by atoms with Gasteiger partial charge in [0, 0.05) is 53.9 Å². The topological polar surface area (TPSA) is 75.7 Å². The van der Waals surface area contributed by atoms with Crippen molar-refractivity contribution in [3.8, 4) is 5.88 Å². The van der Waals surface area contributed by atoms with Crippen LogP contribution in [0.1, 0.15) is 23.1 Å². The van der Waals surface area contributed by atoms with Gasteiger partial charge in [0.2, 0.25) is 5.88 Å². The highest BCUT2D eigenvalue weighted by atomic mass is 35.5. The molecule has 0 saturated heterocycles. The van der Waals surface area contributed by atoms with E-state index in [1.54, 1.807) is 30.9 Å². The molecule has 152 valence electrons. The van der Waals surface area contributed by atoms with E-state index in [1.165, 1.54) is 0 Å². The molecule has 4 aromatic rings. The minimum absolute atomic E-state index is 0.377. The summed E-state index contributed by atoms with van der Waals surface area (Å²) in [7, 11) is 0. The average molecular weight is 440 g/mol. The van der Waals surface area contributed by atoms with Crippen molar-refractivity contribution < 1.29 is 4.74 Å². The molecule has 0 spiro atoms. The molecule has 0 radical (unpaired) electrons. The van der Waals surface area contributed by atoms with Crippen LogP contribution in [0.5, 0.6) is 5.88 Å². The lowest BCUT2D eigenvalue weighted by molar-refractivity contribution is 0.189. The second-order valence-electron chi connectivity index (χ2n) is 6.63. The molecule has 8 heteroatoms. The number of rotatable bonds is 8. The summed E-state index contributed by atoms with van der Waals surface area (Å²) in [5, 5.41) is 4.46. The van der Waals surface area contributed by atoms with Crippen molar-refractivity contribution in [2.24, 2.45) is 0 Å². The summed E-state index contributed by atoms with van der Waals surface area (Å²) in [5.74, 6) is 1.90. The van der Waals surface area contributed by atoms with Crippen molar-refractivity contribution in [1.82, 2.24) is 19.9 Å². The standard InChI is InChI=1S/C22H19Cl2N5O/c23-17-10-16(11-18(24)13-17)12-19(22-26-8-9-27-22)30-21-3-1-2-20(29-21)28-14-15-4-6-25-7-5-15/h1-11,13,19H,12,14H2,(H,26,27)(H,28,29). The molecule has 1 unspecified atom stereocenters. The molecular weight excluding hydrogens is 421 g/mol. The van der Waals surface area contributed by atoms with Gasteiger partial charge >= 0.3 is 0 Å². The predicted octanol–water partition coefficient (Wildman–Crippen LogP) is 5.48. The number of hydrogen-bond donors (Lipinski definition) is 2. The van der Waals surface area contributed by atoms with Crippen molar-refractivity contribution in [3.63, 3.8) is 0 Å². The third kappa shape index (κ3) is 5.49. The lowest BCUT2D eigenvalue weighted by Gasteiger charge is -2.18. The molecule has 0 bridgehead atoms. The minimum atomic E-state index is -0.377. The monoisotopic (exact) mass is 439 g/mol. The summed E-state index contributed by atoms with van der Waals surface area (Å²) in [6.45, 7) is 0.640. The van der Waals surface area contributed by atoms with E-state index in [4.69, 9.17) is 27.9 Å². The number of halogens is 2. The van der Waals surface area contributed by atoms with Gasteiger partial charge in [0.25, 0.3) is 0 Å². The number of nitrogens with one attached hydrogen (secondary N) is 2. The molecule has 0 aliphatic carbocycles. The third-order valence-electron chi connectivity index (χ3n) is 4.38. The van der Waals surface area contributed by atoms with Gasteiger partial charge < -0.3 is 15.0 Å². The number of nitrogens with zero attached hydrogens (tertiary/aromatic N) is 3. The van der Waals surface area contributed by atoms with Gasteiger partial charge in [0.05, 0.1) is 0 Å². The van der Waals surface area contributed by atoms with Crippen LogP contribution in [0.4, 0.5) is 5.82 Å². The van der Waals surface area contributed by atoms with Crippen molar-refractivity contribution in [1.29, 1.82) is 0 Å². The number of hydrogen-bond acceptors (Lipinski definition) is 5. The first-order valence-corrected chi connectivity index (χ1v) is 10.1. The molecule has 3 heterocycles. The van der Waals surface area contributed by atoms with E-state index in [2.05, 4.69) is 25.3 Å². The Morgan fingerprint density at radius 2 is 1.77 bits per heavy atom. The molecule has 2 N–H and O–H groups in total. The average Bonchev–Trinajstić information content (AvgIpc) is 3.27. The number of anilines is 1. The van der Waals surface area contributed by atoms with Gasteiger partial charge in [-0.2, -0.15) is 4.98 Å². The summed E-state index contributed by atoms with van der Waals surface area (Å²) in [5.41, 5.74) is 2.06. The highest BCUT2D eigenvalue weighted by Gasteiger charge is 2.18. The first kappa shape index (κ1) is 20.2. The van der Waals surface area contributed by atoms with Gasteiger partial charge in [-0.25, -0.2) is 4.98 Å². The van der Waals surface area contributed by atoms with Crippen LogP contribution >= 0.6 is 23.2 Å². The zero-order valence-electron chi connectivity index (χ0n) is 15.9. The molecule has 3 aromatic heterocycles. The van der Waals surface area contributed by atoms with E-state index >= 15 is 0 Å². The highest BCUT2D eigenvalue weighted by Crippen LogP contribution is 2.26. The van der Waals surface area contributed by atoms with Crippen LogP contribution in [-0.4, -0.2) is 19.9 Å². The predicted molar refractivity (Wildman–Crippen MR) is 118 cm³/mol. The first-order valence-electron chi connectivity index (χ1n) is 9.36. The highest BCUT2D eigenvalue weighted by molar-refractivity contribution is 6.34. The van der Waals surface area contributed by atoms with E-state index in [1.807, 2.05) is 42.5 Å². The number of imidazole rings is 1. The number of pyridine rings is 2. The summed E-state index contributed by atoms with van der Waals surface area (Å²) < 4.78 is 6.19. The molecular formula is C22H19Cl2N5O. The fraction of sp³-hybridized carbons (Fsp3) is 0.136. The first-order chi connectivity index (χ1) is 14.7. The number of ether oxygens (including phenoxy) is 1. The van der Waals surface area contributed by atoms with Crippen molar-refractivity contribution in [2.45, 2.75) is 19.1 Å². The van der Waals surface area contributed by atoms with Crippen molar-refractivity contribution in [2.75, 3.05) is 5.32 Å². The smallest absolute Gasteiger partial charge is 0.215 e. The van der Waals surface area contributed by atoms with Crippen LogP contribution in [0.15, 0.2) is 73.3 Å². The lowest BCUT2D eigenvalue weighted by Crippen LogP contribution is -2.14. The van der Waals surface area contributed by atoms with Crippen molar-refractivity contribution >= 4 is 29.0 Å². The minimum Gasteiger partial charge on any atom is -0.466 e. The maximum absolute atomic E-state index is 6.19.